The van der Waals surface area contributed by atoms with E-state index >= 15 is 0 Å². The van der Waals surface area contributed by atoms with Gasteiger partial charge in [0, 0.05) is 6.54 Å². The van der Waals surface area contributed by atoms with Gasteiger partial charge < -0.3 is 19.9 Å². The SMILES string of the molecule is CCNC(=O)CCOc1ccc(C(=O)O)cc1OC. The largest absolute Gasteiger partial charge is 0.493 e. The van der Waals surface area contributed by atoms with Crippen LogP contribution in [-0.4, -0.2) is 37.2 Å². The van der Waals surface area contributed by atoms with E-state index in [-0.39, 0.29) is 24.5 Å². The van der Waals surface area contributed by atoms with Crippen LogP contribution in [0.15, 0.2) is 18.2 Å². The molecule has 6 nitrogen and oxygen atoms in total. The summed E-state index contributed by atoms with van der Waals surface area (Å²) in [5, 5.41) is 11.5. The number of carboxylic acid groups (broad SMARTS) is 1. The maximum Gasteiger partial charge on any atom is 0.335 e. The maximum atomic E-state index is 11.2. The second kappa shape index (κ2) is 7.25. The molecule has 19 heavy (non-hydrogen) atoms. The number of benzene rings is 1. The smallest absolute Gasteiger partial charge is 0.335 e. The van der Waals surface area contributed by atoms with E-state index in [0.717, 1.165) is 0 Å². The highest BCUT2D eigenvalue weighted by Gasteiger charge is 2.10. The van der Waals surface area contributed by atoms with Gasteiger partial charge in [0.1, 0.15) is 0 Å². The molecule has 104 valence electrons. The van der Waals surface area contributed by atoms with E-state index < -0.39 is 5.97 Å². The quantitative estimate of drug-likeness (QED) is 0.777. The monoisotopic (exact) mass is 267 g/mol. The third-order valence-corrected chi connectivity index (χ3v) is 2.37. The van der Waals surface area contributed by atoms with Gasteiger partial charge in [0.15, 0.2) is 11.5 Å². The maximum absolute atomic E-state index is 11.2. The van der Waals surface area contributed by atoms with Gasteiger partial charge in [0.05, 0.1) is 25.7 Å². The Hall–Kier alpha value is -2.24. The fraction of sp³-hybridized carbons (Fsp3) is 0.385. The second-order valence-corrected chi connectivity index (χ2v) is 3.72. The van der Waals surface area contributed by atoms with Crippen LogP contribution in [0.4, 0.5) is 0 Å². The third kappa shape index (κ3) is 4.50. The molecule has 0 bridgehead atoms. The van der Waals surface area contributed by atoms with Crippen molar-refractivity contribution in [2.75, 3.05) is 20.3 Å². The molecule has 0 aromatic heterocycles. The van der Waals surface area contributed by atoms with Gasteiger partial charge in [0.25, 0.3) is 0 Å². The van der Waals surface area contributed by atoms with Gasteiger partial charge in [0.2, 0.25) is 5.91 Å². The number of aromatic carboxylic acids is 1. The fourth-order valence-electron chi connectivity index (χ4n) is 1.46. The Balaban J connectivity index is 2.63. The van der Waals surface area contributed by atoms with Crippen LogP contribution >= 0.6 is 0 Å². The molecule has 0 radical (unpaired) electrons. The molecule has 6 heteroatoms. The van der Waals surface area contributed by atoms with Crippen LogP contribution in [-0.2, 0) is 4.79 Å². The van der Waals surface area contributed by atoms with E-state index in [1.54, 1.807) is 0 Å². The molecule has 0 heterocycles. The van der Waals surface area contributed by atoms with E-state index in [2.05, 4.69) is 5.32 Å². The highest BCUT2D eigenvalue weighted by Crippen LogP contribution is 2.28. The average molecular weight is 267 g/mol. The number of carboxylic acids is 1. The zero-order valence-corrected chi connectivity index (χ0v) is 10.9. The molecule has 0 aliphatic heterocycles. The van der Waals surface area contributed by atoms with E-state index in [9.17, 15) is 9.59 Å². The van der Waals surface area contributed by atoms with E-state index in [4.69, 9.17) is 14.6 Å². The van der Waals surface area contributed by atoms with Crippen molar-refractivity contribution in [1.82, 2.24) is 5.32 Å². The van der Waals surface area contributed by atoms with Crippen LogP contribution in [0.2, 0.25) is 0 Å². The topological polar surface area (TPSA) is 84.9 Å². The molecule has 0 saturated heterocycles. The lowest BCUT2D eigenvalue weighted by Crippen LogP contribution is -2.24. The van der Waals surface area contributed by atoms with Crippen molar-refractivity contribution in [3.8, 4) is 11.5 Å². The molecule has 2 N–H and O–H groups in total. The Labute approximate surface area is 111 Å². The molecule has 0 unspecified atom stereocenters. The van der Waals surface area contributed by atoms with Crippen molar-refractivity contribution < 1.29 is 24.2 Å². The summed E-state index contributed by atoms with van der Waals surface area (Å²) in [6.45, 7) is 2.62. The molecule has 0 atom stereocenters. The number of amides is 1. The van der Waals surface area contributed by atoms with Crippen LogP contribution in [0.3, 0.4) is 0 Å². The predicted molar refractivity (Wildman–Crippen MR) is 68.7 cm³/mol. The second-order valence-electron chi connectivity index (χ2n) is 3.72. The minimum Gasteiger partial charge on any atom is -0.493 e. The van der Waals surface area contributed by atoms with Crippen LogP contribution in [0.25, 0.3) is 0 Å². The summed E-state index contributed by atoms with van der Waals surface area (Å²) in [5.41, 5.74) is 0.118. The first-order chi connectivity index (χ1) is 9.08. The zero-order chi connectivity index (χ0) is 14.3. The van der Waals surface area contributed by atoms with Crippen LogP contribution in [0.5, 0.6) is 11.5 Å². The predicted octanol–water partition coefficient (Wildman–Crippen LogP) is 1.30. The third-order valence-electron chi connectivity index (χ3n) is 2.37. The summed E-state index contributed by atoms with van der Waals surface area (Å²) in [7, 11) is 1.43. The first kappa shape index (κ1) is 14.8. The van der Waals surface area contributed by atoms with Gasteiger partial charge in [-0.2, -0.15) is 0 Å². The lowest BCUT2D eigenvalue weighted by molar-refractivity contribution is -0.121. The highest BCUT2D eigenvalue weighted by atomic mass is 16.5. The number of carbonyl (C=O) groups is 2. The summed E-state index contributed by atoms with van der Waals surface area (Å²) >= 11 is 0. The molecule has 1 rings (SSSR count). The van der Waals surface area contributed by atoms with Crippen LogP contribution in [0, 0.1) is 0 Å². The van der Waals surface area contributed by atoms with Crippen molar-refractivity contribution in [2.45, 2.75) is 13.3 Å². The summed E-state index contributed by atoms with van der Waals surface area (Å²) in [4.78, 5) is 22.0. The zero-order valence-electron chi connectivity index (χ0n) is 10.9. The van der Waals surface area contributed by atoms with E-state index in [0.29, 0.717) is 18.0 Å². The highest BCUT2D eigenvalue weighted by molar-refractivity contribution is 5.88. The van der Waals surface area contributed by atoms with Gasteiger partial charge in [-0.05, 0) is 25.1 Å². The normalized spacial score (nSPS) is 9.79. The molecule has 1 aromatic carbocycles. The van der Waals surface area contributed by atoms with Gasteiger partial charge in [-0.15, -0.1) is 0 Å². The van der Waals surface area contributed by atoms with Crippen molar-refractivity contribution in [3.05, 3.63) is 23.8 Å². The van der Waals surface area contributed by atoms with Gasteiger partial charge in [-0.3, -0.25) is 4.79 Å². The molecule has 0 fully saturated rings. The minimum atomic E-state index is -1.04. The number of carbonyl (C=O) groups excluding carboxylic acids is 1. The Morgan fingerprint density at radius 1 is 1.32 bits per heavy atom. The molecular weight excluding hydrogens is 250 g/mol. The lowest BCUT2D eigenvalue weighted by atomic mass is 10.2. The van der Waals surface area contributed by atoms with Crippen molar-refractivity contribution in [3.63, 3.8) is 0 Å². The average Bonchev–Trinajstić information content (AvgIpc) is 2.39. The van der Waals surface area contributed by atoms with Crippen molar-refractivity contribution in [1.29, 1.82) is 0 Å². The molecule has 1 amide bonds. The van der Waals surface area contributed by atoms with E-state index in [1.807, 2.05) is 6.92 Å². The van der Waals surface area contributed by atoms with E-state index in [1.165, 1.54) is 25.3 Å². The summed E-state index contributed by atoms with van der Waals surface area (Å²) in [6, 6.07) is 4.32. The lowest BCUT2D eigenvalue weighted by Gasteiger charge is -2.11. The van der Waals surface area contributed by atoms with Crippen molar-refractivity contribution in [2.24, 2.45) is 0 Å². The number of hydrogen-bond acceptors (Lipinski definition) is 4. The Morgan fingerprint density at radius 3 is 2.63 bits per heavy atom. The molecule has 0 spiro atoms. The Morgan fingerprint density at radius 2 is 2.05 bits per heavy atom. The minimum absolute atomic E-state index is 0.0939. The fourth-order valence-corrected chi connectivity index (χ4v) is 1.46. The number of ether oxygens (including phenoxy) is 2. The summed E-state index contributed by atoms with van der Waals surface area (Å²) < 4.78 is 10.5. The number of rotatable bonds is 7. The van der Waals surface area contributed by atoms with Gasteiger partial charge in [-0.1, -0.05) is 0 Å². The number of nitrogens with one attached hydrogen (secondary N) is 1. The Kier molecular flexibility index (Phi) is 5.66. The molecule has 0 aliphatic carbocycles. The van der Waals surface area contributed by atoms with Crippen LogP contribution in [0.1, 0.15) is 23.7 Å². The molecule has 1 aromatic rings. The number of hydrogen-bond donors (Lipinski definition) is 2. The Bertz CT molecular complexity index is 458. The summed E-state index contributed by atoms with van der Waals surface area (Å²) in [6.07, 6.45) is 0.234. The number of methoxy groups -OCH3 is 1. The molecular formula is C13H17NO5. The van der Waals surface area contributed by atoms with Crippen molar-refractivity contribution >= 4 is 11.9 Å². The van der Waals surface area contributed by atoms with Gasteiger partial charge in [-0.25, -0.2) is 4.79 Å². The summed E-state index contributed by atoms with van der Waals surface area (Å²) in [5.74, 6) is -0.386. The van der Waals surface area contributed by atoms with Gasteiger partial charge >= 0.3 is 5.97 Å². The first-order valence-electron chi connectivity index (χ1n) is 5.89. The molecule has 0 aliphatic rings. The van der Waals surface area contributed by atoms with Crippen LogP contribution < -0.4 is 14.8 Å². The first-order valence-corrected chi connectivity index (χ1v) is 5.89. The standard InChI is InChI=1S/C13H17NO5/c1-3-14-12(15)6-7-19-10-5-4-9(13(16)17)8-11(10)18-2/h4-5,8H,3,6-7H2,1-2H3,(H,14,15)(H,16,17). The molecule has 0 saturated carbocycles.